The molecule has 0 radical (unpaired) electrons. The first kappa shape index (κ1) is 16.8. The zero-order chi connectivity index (χ0) is 16.5. The number of hydrogen-bond donors (Lipinski definition) is 1. The van der Waals surface area contributed by atoms with Crippen LogP contribution in [0.5, 0.6) is 5.75 Å². The topological polar surface area (TPSA) is 47.6 Å². The van der Waals surface area contributed by atoms with E-state index in [2.05, 4.69) is 5.32 Å². The van der Waals surface area contributed by atoms with E-state index in [4.69, 9.17) is 9.47 Å². The number of ether oxygens (including phenoxy) is 2. The van der Waals surface area contributed by atoms with E-state index in [1.165, 1.54) is 12.7 Å². The Bertz CT molecular complexity index is 648. The van der Waals surface area contributed by atoms with Crippen molar-refractivity contribution in [3.8, 4) is 5.75 Å². The van der Waals surface area contributed by atoms with Gasteiger partial charge in [0, 0.05) is 13.1 Å². The second kappa shape index (κ2) is 8.76. The predicted molar refractivity (Wildman–Crippen MR) is 91.1 cm³/mol. The minimum atomic E-state index is -0.332. The van der Waals surface area contributed by atoms with E-state index in [0.29, 0.717) is 18.7 Å². The number of esters is 1. The third-order valence-electron chi connectivity index (χ3n) is 3.39. The molecule has 23 heavy (non-hydrogen) atoms. The fraction of sp³-hybridized carbons (Fsp3) is 0.211. The molecular weight excluding hydrogens is 290 g/mol. The smallest absolute Gasteiger partial charge is 0.335 e. The van der Waals surface area contributed by atoms with Crippen LogP contribution in [0.1, 0.15) is 11.1 Å². The molecule has 0 aliphatic heterocycles. The van der Waals surface area contributed by atoms with Gasteiger partial charge in [0.15, 0.2) is 0 Å². The number of rotatable bonds is 7. The van der Waals surface area contributed by atoms with Crippen molar-refractivity contribution in [2.75, 3.05) is 20.8 Å². The van der Waals surface area contributed by atoms with Gasteiger partial charge in [-0.05, 0) is 29.3 Å². The van der Waals surface area contributed by atoms with E-state index < -0.39 is 0 Å². The van der Waals surface area contributed by atoms with Gasteiger partial charge < -0.3 is 14.8 Å². The normalized spacial score (nSPS) is 11.1. The largest absolute Gasteiger partial charge is 0.497 e. The van der Waals surface area contributed by atoms with Gasteiger partial charge in [0.05, 0.1) is 19.8 Å². The first-order valence-corrected chi connectivity index (χ1v) is 7.40. The van der Waals surface area contributed by atoms with Crippen molar-refractivity contribution in [1.82, 2.24) is 5.32 Å². The number of nitrogens with one attached hydrogen (secondary N) is 1. The second-order valence-corrected chi connectivity index (χ2v) is 5.02. The standard InChI is InChI=1S/C19H21NO3/c1-22-18-10-8-15(9-11-18)12-17(19(21)23-2)14-20-13-16-6-4-3-5-7-16/h3-12,20H,13-14H2,1-2H3/b17-12-. The average molecular weight is 311 g/mol. The molecule has 0 bridgehead atoms. The number of benzene rings is 2. The molecule has 0 aliphatic carbocycles. The molecule has 0 aliphatic rings. The summed E-state index contributed by atoms with van der Waals surface area (Å²) in [5.74, 6) is 0.449. The monoisotopic (exact) mass is 311 g/mol. The highest BCUT2D eigenvalue weighted by atomic mass is 16.5. The summed E-state index contributed by atoms with van der Waals surface area (Å²) >= 11 is 0. The van der Waals surface area contributed by atoms with Crippen LogP contribution in [-0.2, 0) is 16.1 Å². The lowest BCUT2D eigenvalue weighted by atomic mass is 10.1. The van der Waals surface area contributed by atoms with Crippen molar-refractivity contribution in [3.63, 3.8) is 0 Å². The molecule has 120 valence electrons. The van der Waals surface area contributed by atoms with Crippen molar-refractivity contribution < 1.29 is 14.3 Å². The molecule has 2 aromatic carbocycles. The molecule has 4 heteroatoms. The Morgan fingerprint density at radius 2 is 1.74 bits per heavy atom. The fourth-order valence-corrected chi connectivity index (χ4v) is 2.15. The number of methoxy groups -OCH3 is 2. The van der Waals surface area contributed by atoms with Crippen molar-refractivity contribution >= 4 is 12.0 Å². The minimum absolute atomic E-state index is 0.332. The van der Waals surface area contributed by atoms with Gasteiger partial charge in [-0.15, -0.1) is 0 Å². The molecule has 0 saturated carbocycles. The lowest BCUT2D eigenvalue weighted by Gasteiger charge is -2.08. The molecule has 2 aromatic rings. The van der Waals surface area contributed by atoms with Crippen LogP contribution in [0, 0.1) is 0 Å². The summed E-state index contributed by atoms with van der Waals surface area (Å²) in [7, 11) is 3.01. The molecule has 0 unspecified atom stereocenters. The highest BCUT2D eigenvalue weighted by Crippen LogP contribution is 2.14. The Morgan fingerprint density at radius 3 is 2.35 bits per heavy atom. The Balaban J connectivity index is 2.03. The summed E-state index contributed by atoms with van der Waals surface area (Å²) in [5.41, 5.74) is 2.67. The van der Waals surface area contributed by atoms with Crippen LogP contribution in [0.2, 0.25) is 0 Å². The van der Waals surface area contributed by atoms with E-state index in [-0.39, 0.29) is 5.97 Å². The second-order valence-electron chi connectivity index (χ2n) is 5.02. The maximum Gasteiger partial charge on any atom is 0.335 e. The predicted octanol–water partition coefficient (Wildman–Crippen LogP) is 3.04. The number of hydrogen-bond acceptors (Lipinski definition) is 4. The van der Waals surface area contributed by atoms with Gasteiger partial charge in [0.2, 0.25) is 0 Å². The maximum atomic E-state index is 11.9. The van der Waals surface area contributed by atoms with Crippen molar-refractivity contribution in [3.05, 3.63) is 71.3 Å². The van der Waals surface area contributed by atoms with Gasteiger partial charge in [0.1, 0.15) is 5.75 Å². The molecule has 2 rings (SSSR count). The first-order chi connectivity index (χ1) is 11.2. The van der Waals surface area contributed by atoms with Crippen molar-refractivity contribution in [2.45, 2.75) is 6.54 Å². The molecule has 0 atom stereocenters. The minimum Gasteiger partial charge on any atom is -0.497 e. The Morgan fingerprint density at radius 1 is 1.04 bits per heavy atom. The highest BCUT2D eigenvalue weighted by molar-refractivity contribution is 5.94. The van der Waals surface area contributed by atoms with E-state index in [0.717, 1.165) is 11.3 Å². The Kier molecular flexibility index (Phi) is 6.39. The van der Waals surface area contributed by atoms with Crippen molar-refractivity contribution in [1.29, 1.82) is 0 Å². The molecule has 4 nitrogen and oxygen atoms in total. The van der Waals surface area contributed by atoms with Crippen LogP contribution >= 0.6 is 0 Å². The average Bonchev–Trinajstić information content (AvgIpc) is 2.61. The van der Waals surface area contributed by atoms with Crippen LogP contribution in [0.3, 0.4) is 0 Å². The summed E-state index contributed by atoms with van der Waals surface area (Å²) in [6.07, 6.45) is 1.82. The van der Waals surface area contributed by atoms with Gasteiger partial charge in [0.25, 0.3) is 0 Å². The summed E-state index contributed by atoms with van der Waals surface area (Å²) in [6, 6.07) is 17.6. The van der Waals surface area contributed by atoms with Gasteiger partial charge in [-0.2, -0.15) is 0 Å². The SMILES string of the molecule is COC(=O)/C(=C\c1ccc(OC)cc1)CNCc1ccccc1. The zero-order valence-corrected chi connectivity index (χ0v) is 13.4. The van der Waals surface area contributed by atoms with Crippen LogP contribution in [0.15, 0.2) is 60.2 Å². The molecule has 1 N–H and O–H groups in total. The van der Waals surface area contributed by atoms with Crippen LogP contribution in [0.25, 0.3) is 6.08 Å². The summed E-state index contributed by atoms with van der Waals surface area (Å²) < 4.78 is 9.99. The lowest BCUT2D eigenvalue weighted by Crippen LogP contribution is -2.21. The molecule has 0 amide bonds. The fourth-order valence-electron chi connectivity index (χ4n) is 2.15. The highest BCUT2D eigenvalue weighted by Gasteiger charge is 2.09. The van der Waals surface area contributed by atoms with Crippen LogP contribution < -0.4 is 10.1 Å². The number of carbonyl (C=O) groups excluding carboxylic acids is 1. The van der Waals surface area contributed by atoms with Gasteiger partial charge in [-0.1, -0.05) is 42.5 Å². The molecule has 0 saturated heterocycles. The van der Waals surface area contributed by atoms with E-state index in [1.54, 1.807) is 7.11 Å². The first-order valence-electron chi connectivity index (χ1n) is 7.40. The lowest BCUT2D eigenvalue weighted by molar-refractivity contribution is -0.136. The maximum absolute atomic E-state index is 11.9. The van der Waals surface area contributed by atoms with Crippen LogP contribution in [-0.4, -0.2) is 26.7 Å². The molecule has 0 fully saturated rings. The number of carbonyl (C=O) groups is 1. The summed E-state index contributed by atoms with van der Waals surface area (Å²) in [4.78, 5) is 11.9. The summed E-state index contributed by atoms with van der Waals surface area (Å²) in [5, 5.41) is 3.27. The molecule has 0 aromatic heterocycles. The van der Waals surface area contributed by atoms with E-state index >= 15 is 0 Å². The van der Waals surface area contributed by atoms with E-state index in [1.807, 2.05) is 60.7 Å². The molecule has 0 heterocycles. The molecular formula is C19H21NO3. The van der Waals surface area contributed by atoms with Gasteiger partial charge in [-0.3, -0.25) is 0 Å². The van der Waals surface area contributed by atoms with Crippen LogP contribution in [0.4, 0.5) is 0 Å². The van der Waals surface area contributed by atoms with E-state index in [9.17, 15) is 4.79 Å². The quantitative estimate of drug-likeness (QED) is 0.631. The Labute approximate surface area is 136 Å². The van der Waals surface area contributed by atoms with Gasteiger partial charge >= 0.3 is 5.97 Å². The third-order valence-corrected chi connectivity index (χ3v) is 3.39. The van der Waals surface area contributed by atoms with Gasteiger partial charge in [-0.25, -0.2) is 4.79 Å². The van der Waals surface area contributed by atoms with Crippen molar-refractivity contribution in [2.24, 2.45) is 0 Å². The summed E-state index contributed by atoms with van der Waals surface area (Å²) in [6.45, 7) is 1.13. The Hall–Kier alpha value is -2.59. The third kappa shape index (κ3) is 5.27. The zero-order valence-electron chi connectivity index (χ0n) is 13.4. The molecule has 0 spiro atoms.